The van der Waals surface area contributed by atoms with E-state index in [1.807, 2.05) is 0 Å². The highest BCUT2D eigenvalue weighted by atomic mass is 16.5. The molecule has 0 saturated heterocycles. The maximum Gasteiger partial charge on any atom is 0.164 e. The van der Waals surface area contributed by atoms with Gasteiger partial charge in [-0.05, 0) is 6.07 Å². The molecule has 0 fully saturated rings. The van der Waals surface area contributed by atoms with Gasteiger partial charge in [0.25, 0.3) is 0 Å². The Bertz CT molecular complexity index is 402. The molecule has 5 heteroatoms. The zero-order valence-corrected chi connectivity index (χ0v) is 9.90. The van der Waals surface area contributed by atoms with Crippen LogP contribution >= 0.6 is 0 Å². The topological polar surface area (TPSA) is 66.1 Å². The summed E-state index contributed by atoms with van der Waals surface area (Å²) >= 11 is 0. The van der Waals surface area contributed by atoms with Gasteiger partial charge in [-0.1, -0.05) is 0 Å². The smallest absolute Gasteiger partial charge is 0.164 e. The van der Waals surface area contributed by atoms with E-state index in [-0.39, 0.29) is 0 Å². The van der Waals surface area contributed by atoms with Gasteiger partial charge in [-0.2, -0.15) is 0 Å². The van der Waals surface area contributed by atoms with Crippen molar-refractivity contribution in [1.82, 2.24) is 0 Å². The first kappa shape index (κ1) is 12.2. The van der Waals surface area contributed by atoms with Crippen LogP contribution in [0.25, 0.3) is 0 Å². The zero-order chi connectivity index (χ0) is 12.1. The number of hydrogen-bond donors (Lipinski definition) is 1. The molecule has 0 heterocycles. The third kappa shape index (κ3) is 2.18. The van der Waals surface area contributed by atoms with Gasteiger partial charge >= 0.3 is 0 Å². The van der Waals surface area contributed by atoms with E-state index in [2.05, 4.69) is 4.99 Å². The molecule has 0 unspecified atom stereocenters. The van der Waals surface area contributed by atoms with Crippen LogP contribution in [0.5, 0.6) is 17.2 Å². The Morgan fingerprint density at radius 2 is 1.50 bits per heavy atom. The molecule has 0 aliphatic rings. The van der Waals surface area contributed by atoms with Crippen molar-refractivity contribution in [3.63, 3.8) is 0 Å². The molecule has 88 valence electrons. The lowest BCUT2D eigenvalue weighted by Crippen LogP contribution is -2.14. The van der Waals surface area contributed by atoms with Crippen molar-refractivity contribution in [3.8, 4) is 17.2 Å². The van der Waals surface area contributed by atoms with Gasteiger partial charge in [-0.15, -0.1) is 0 Å². The lowest BCUT2D eigenvalue weighted by Gasteiger charge is -2.13. The molecule has 0 spiro atoms. The Hall–Kier alpha value is -1.91. The normalized spacial score (nSPS) is 11.1. The van der Waals surface area contributed by atoms with Gasteiger partial charge in [-0.3, -0.25) is 4.99 Å². The lowest BCUT2D eigenvalue weighted by atomic mass is 10.1. The van der Waals surface area contributed by atoms with E-state index in [0.29, 0.717) is 28.6 Å². The van der Waals surface area contributed by atoms with Gasteiger partial charge in [0.05, 0.1) is 26.9 Å². The van der Waals surface area contributed by atoms with Crippen LogP contribution in [0, 0.1) is 0 Å². The van der Waals surface area contributed by atoms with Gasteiger partial charge in [-0.25, -0.2) is 0 Å². The molecule has 2 N–H and O–H groups in total. The number of methoxy groups -OCH3 is 3. The van der Waals surface area contributed by atoms with Crippen LogP contribution in [-0.4, -0.2) is 34.2 Å². The number of nitrogens with zero attached hydrogens (tertiary/aromatic N) is 1. The van der Waals surface area contributed by atoms with Crippen molar-refractivity contribution >= 4 is 5.84 Å². The van der Waals surface area contributed by atoms with Crippen LogP contribution in [0.4, 0.5) is 0 Å². The summed E-state index contributed by atoms with van der Waals surface area (Å²) in [5, 5.41) is 0. The molecule has 0 aliphatic heterocycles. The molecular formula is C11H16N2O3. The monoisotopic (exact) mass is 224 g/mol. The van der Waals surface area contributed by atoms with Crippen LogP contribution < -0.4 is 19.9 Å². The van der Waals surface area contributed by atoms with Gasteiger partial charge in [0, 0.05) is 13.1 Å². The first-order valence-corrected chi connectivity index (χ1v) is 4.70. The summed E-state index contributed by atoms with van der Waals surface area (Å²) in [7, 11) is 6.31. The Kier molecular flexibility index (Phi) is 3.99. The second-order valence-corrected chi connectivity index (χ2v) is 3.02. The first-order chi connectivity index (χ1) is 7.67. The van der Waals surface area contributed by atoms with Crippen molar-refractivity contribution in [3.05, 3.63) is 17.7 Å². The van der Waals surface area contributed by atoms with Crippen molar-refractivity contribution in [1.29, 1.82) is 0 Å². The van der Waals surface area contributed by atoms with E-state index < -0.39 is 0 Å². The first-order valence-electron chi connectivity index (χ1n) is 4.70. The molecule has 1 rings (SSSR count). The number of rotatable bonds is 4. The Balaban J connectivity index is 3.37. The molecule has 0 bridgehead atoms. The molecule has 0 aliphatic carbocycles. The van der Waals surface area contributed by atoms with Gasteiger partial charge < -0.3 is 19.9 Å². The third-order valence-corrected chi connectivity index (χ3v) is 2.22. The summed E-state index contributed by atoms with van der Waals surface area (Å²) in [6.07, 6.45) is 0. The van der Waals surface area contributed by atoms with Crippen LogP contribution in [0.3, 0.4) is 0 Å². The van der Waals surface area contributed by atoms with Crippen LogP contribution in [0.2, 0.25) is 0 Å². The summed E-state index contributed by atoms with van der Waals surface area (Å²) in [5.41, 5.74) is 6.44. The fourth-order valence-corrected chi connectivity index (χ4v) is 1.35. The van der Waals surface area contributed by atoms with E-state index >= 15 is 0 Å². The minimum Gasteiger partial charge on any atom is -0.496 e. The molecule has 0 saturated carbocycles. The van der Waals surface area contributed by atoms with Crippen LogP contribution in [0.1, 0.15) is 5.56 Å². The number of ether oxygens (including phenoxy) is 3. The minimum atomic E-state index is 0.387. The van der Waals surface area contributed by atoms with Crippen molar-refractivity contribution in [2.75, 3.05) is 28.4 Å². The van der Waals surface area contributed by atoms with E-state index in [1.165, 1.54) is 0 Å². The Morgan fingerprint density at radius 3 is 1.94 bits per heavy atom. The van der Waals surface area contributed by atoms with Crippen molar-refractivity contribution in [2.24, 2.45) is 10.7 Å². The summed E-state index contributed by atoms with van der Waals surface area (Å²) in [6.45, 7) is 0. The Morgan fingerprint density at radius 1 is 1.00 bits per heavy atom. The van der Waals surface area contributed by atoms with E-state index in [9.17, 15) is 0 Å². The molecule has 5 nitrogen and oxygen atoms in total. The highest BCUT2D eigenvalue weighted by Gasteiger charge is 2.13. The number of hydrogen-bond acceptors (Lipinski definition) is 4. The van der Waals surface area contributed by atoms with E-state index in [0.717, 1.165) is 0 Å². The maximum absolute atomic E-state index is 5.76. The highest BCUT2D eigenvalue weighted by molar-refractivity contribution is 6.00. The summed E-state index contributed by atoms with van der Waals surface area (Å²) in [4.78, 5) is 3.92. The minimum absolute atomic E-state index is 0.387. The largest absolute Gasteiger partial charge is 0.496 e. The molecule has 0 atom stereocenters. The zero-order valence-electron chi connectivity index (χ0n) is 9.90. The van der Waals surface area contributed by atoms with Gasteiger partial charge in [0.2, 0.25) is 0 Å². The molecule has 1 aromatic carbocycles. The molecule has 0 radical (unpaired) electrons. The fraction of sp³-hybridized carbons (Fsp3) is 0.364. The second-order valence-electron chi connectivity index (χ2n) is 3.02. The molecule has 0 amide bonds. The number of benzene rings is 1. The molecule has 1 aromatic rings. The molecule has 0 aromatic heterocycles. The fourth-order valence-electron chi connectivity index (χ4n) is 1.35. The van der Waals surface area contributed by atoms with Crippen molar-refractivity contribution in [2.45, 2.75) is 0 Å². The standard InChI is InChI=1S/C11H16N2O3/c1-13-11(12)7-5-9(15-3)10(16-4)6-8(7)14-2/h5-6H,1-4H3,(H2,12,13). The van der Waals surface area contributed by atoms with Crippen molar-refractivity contribution < 1.29 is 14.2 Å². The number of amidine groups is 1. The predicted molar refractivity (Wildman–Crippen MR) is 62.7 cm³/mol. The average molecular weight is 224 g/mol. The summed E-state index contributed by atoms with van der Waals surface area (Å²) in [5.74, 6) is 2.16. The van der Waals surface area contributed by atoms with Crippen LogP contribution in [0.15, 0.2) is 17.1 Å². The lowest BCUT2D eigenvalue weighted by molar-refractivity contribution is 0.349. The SMILES string of the molecule is CN=C(N)c1cc(OC)c(OC)cc1OC. The highest BCUT2D eigenvalue weighted by Crippen LogP contribution is 2.34. The second kappa shape index (κ2) is 5.25. The van der Waals surface area contributed by atoms with Crippen LogP contribution in [-0.2, 0) is 0 Å². The summed E-state index contributed by atoms with van der Waals surface area (Å²) < 4.78 is 15.6. The van der Waals surface area contributed by atoms with E-state index in [1.54, 1.807) is 40.5 Å². The molecular weight excluding hydrogens is 208 g/mol. The maximum atomic E-state index is 5.76. The average Bonchev–Trinajstić information content (AvgIpc) is 2.35. The quantitative estimate of drug-likeness (QED) is 0.613. The predicted octanol–water partition coefficient (Wildman–Crippen LogP) is 1.05. The molecule has 16 heavy (non-hydrogen) atoms. The third-order valence-electron chi connectivity index (χ3n) is 2.22. The summed E-state index contributed by atoms with van der Waals surface area (Å²) in [6, 6.07) is 3.45. The number of nitrogens with two attached hydrogens (primary N) is 1. The number of aliphatic imine (C=N–C) groups is 1. The van der Waals surface area contributed by atoms with Gasteiger partial charge in [0.1, 0.15) is 11.6 Å². The van der Waals surface area contributed by atoms with Gasteiger partial charge in [0.15, 0.2) is 11.5 Å². The Labute approximate surface area is 94.8 Å². The van der Waals surface area contributed by atoms with E-state index in [4.69, 9.17) is 19.9 Å².